The molecule has 0 saturated heterocycles. The molecular formula is C28H32O4S. The van der Waals surface area contributed by atoms with Crippen molar-refractivity contribution in [2.24, 2.45) is 0 Å². The van der Waals surface area contributed by atoms with Crippen molar-refractivity contribution in [1.82, 2.24) is 0 Å². The zero-order valence-electron chi connectivity index (χ0n) is 19.5. The largest absolute Gasteiger partial charge is 0.490 e. The number of hydrogen-bond donors (Lipinski definition) is 1. The fourth-order valence-corrected chi connectivity index (χ4v) is 4.33. The first kappa shape index (κ1) is 24.7. The van der Waals surface area contributed by atoms with Gasteiger partial charge in [-0.05, 0) is 78.8 Å². The molecule has 0 spiro atoms. The molecule has 0 aliphatic rings. The summed E-state index contributed by atoms with van der Waals surface area (Å²) < 4.78 is 12.2. The van der Waals surface area contributed by atoms with Gasteiger partial charge in [0.1, 0.15) is 5.75 Å². The molecule has 3 rings (SSSR count). The minimum absolute atomic E-state index is 0.165. The number of aliphatic carboxylic acids is 1. The highest BCUT2D eigenvalue weighted by Crippen LogP contribution is 2.34. The van der Waals surface area contributed by atoms with Gasteiger partial charge in [0.25, 0.3) is 0 Å². The molecule has 0 aliphatic carbocycles. The van der Waals surface area contributed by atoms with Gasteiger partial charge < -0.3 is 14.6 Å². The number of ether oxygens (including phenoxy) is 2. The van der Waals surface area contributed by atoms with Gasteiger partial charge in [-0.3, -0.25) is 4.79 Å². The summed E-state index contributed by atoms with van der Waals surface area (Å²) in [5.41, 5.74) is 3.46. The number of para-hydroxylation sites is 1. The number of benzene rings is 3. The first-order valence-electron chi connectivity index (χ1n) is 11.4. The third-order valence-electron chi connectivity index (χ3n) is 5.34. The van der Waals surface area contributed by atoms with E-state index in [0.717, 1.165) is 40.5 Å². The van der Waals surface area contributed by atoms with Crippen LogP contribution in [0.2, 0.25) is 0 Å². The highest BCUT2D eigenvalue weighted by molar-refractivity contribution is 7.99. The van der Waals surface area contributed by atoms with Crippen molar-refractivity contribution in [2.75, 3.05) is 12.4 Å². The van der Waals surface area contributed by atoms with Gasteiger partial charge in [-0.1, -0.05) is 44.2 Å². The molecule has 4 nitrogen and oxygen atoms in total. The second kappa shape index (κ2) is 12.4. The molecule has 0 amide bonds. The molecular weight excluding hydrogens is 432 g/mol. The summed E-state index contributed by atoms with van der Waals surface area (Å²) in [5.74, 6) is 2.88. The average Bonchev–Trinajstić information content (AvgIpc) is 2.79. The number of rotatable bonds is 12. The molecule has 0 heterocycles. The Morgan fingerprint density at radius 2 is 1.79 bits per heavy atom. The zero-order valence-corrected chi connectivity index (χ0v) is 20.4. The predicted octanol–water partition coefficient (Wildman–Crippen LogP) is 7.49. The van der Waals surface area contributed by atoms with Crippen LogP contribution in [0.25, 0.3) is 0 Å². The summed E-state index contributed by atoms with van der Waals surface area (Å²) in [4.78, 5) is 12.0. The lowest BCUT2D eigenvalue weighted by molar-refractivity contribution is -0.136. The molecule has 33 heavy (non-hydrogen) atoms. The molecule has 5 heteroatoms. The number of aryl methyl sites for hydroxylation is 2. The summed E-state index contributed by atoms with van der Waals surface area (Å²) >= 11 is 1.79. The maximum atomic E-state index is 10.8. The van der Waals surface area contributed by atoms with Crippen LogP contribution in [0.1, 0.15) is 49.3 Å². The summed E-state index contributed by atoms with van der Waals surface area (Å²) in [6.45, 7) is 6.98. The maximum Gasteiger partial charge on any atom is 0.303 e. The van der Waals surface area contributed by atoms with Crippen molar-refractivity contribution in [2.45, 2.75) is 50.8 Å². The third kappa shape index (κ3) is 7.86. The second-order valence-corrected chi connectivity index (χ2v) is 9.48. The molecule has 3 aromatic carbocycles. The van der Waals surface area contributed by atoms with Gasteiger partial charge in [0.05, 0.1) is 6.61 Å². The van der Waals surface area contributed by atoms with Crippen molar-refractivity contribution in [3.05, 3.63) is 83.4 Å². The Hall–Kier alpha value is -2.92. The first-order valence-corrected chi connectivity index (χ1v) is 12.3. The van der Waals surface area contributed by atoms with Gasteiger partial charge in [0, 0.05) is 17.1 Å². The van der Waals surface area contributed by atoms with Gasteiger partial charge in [-0.15, -0.1) is 11.8 Å². The average molecular weight is 465 g/mol. The quantitative estimate of drug-likeness (QED) is 0.222. The Bertz CT molecular complexity index is 1050. The summed E-state index contributed by atoms with van der Waals surface area (Å²) in [6, 6.07) is 22.2. The van der Waals surface area contributed by atoms with E-state index in [4.69, 9.17) is 14.6 Å². The van der Waals surface area contributed by atoms with E-state index in [-0.39, 0.29) is 6.42 Å². The van der Waals surface area contributed by atoms with Crippen LogP contribution < -0.4 is 9.47 Å². The molecule has 0 aliphatic heterocycles. The van der Waals surface area contributed by atoms with Crippen LogP contribution in [0.5, 0.6) is 17.2 Å². The third-order valence-corrected chi connectivity index (χ3v) is 6.42. The van der Waals surface area contributed by atoms with E-state index in [0.29, 0.717) is 18.9 Å². The molecule has 0 unspecified atom stereocenters. The SMILES string of the molecule is Cc1cc(SCCCOc2ccc(C(C)C)cc2Oc2ccccc2)ccc1CCC(=O)O. The Morgan fingerprint density at radius 3 is 2.48 bits per heavy atom. The van der Waals surface area contributed by atoms with Gasteiger partial charge in [-0.25, -0.2) is 0 Å². The molecule has 1 N–H and O–H groups in total. The summed E-state index contributed by atoms with van der Waals surface area (Å²) in [6.07, 6.45) is 1.64. The minimum Gasteiger partial charge on any atom is -0.490 e. The lowest BCUT2D eigenvalue weighted by Gasteiger charge is -2.15. The van der Waals surface area contributed by atoms with Gasteiger partial charge in [0.15, 0.2) is 11.5 Å². The van der Waals surface area contributed by atoms with E-state index in [1.807, 2.05) is 49.4 Å². The highest BCUT2D eigenvalue weighted by atomic mass is 32.2. The smallest absolute Gasteiger partial charge is 0.303 e. The van der Waals surface area contributed by atoms with Crippen LogP contribution >= 0.6 is 11.8 Å². The molecule has 0 bridgehead atoms. The topological polar surface area (TPSA) is 55.8 Å². The van der Waals surface area contributed by atoms with Crippen LogP contribution in [-0.4, -0.2) is 23.4 Å². The molecule has 0 atom stereocenters. The second-order valence-electron chi connectivity index (χ2n) is 8.31. The molecule has 0 aromatic heterocycles. The van der Waals surface area contributed by atoms with E-state index in [1.54, 1.807) is 11.8 Å². The predicted molar refractivity (Wildman–Crippen MR) is 135 cm³/mol. The van der Waals surface area contributed by atoms with E-state index >= 15 is 0 Å². The van der Waals surface area contributed by atoms with Crippen molar-refractivity contribution >= 4 is 17.7 Å². The molecule has 0 saturated carbocycles. The molecule has 0 fully saturated rings. The van der Waals surface area contributed by atoms with Crippen LogP contribution in [0, 0.1) is 6.92 Å². The van der Waals surface area contributed by atoms with Crippen LogP contribution in [0.3, 0.4) is 0 Å². The maximum absolute atomic E-state index is 10.8. The lowest BCUT2D eigenvalue weighted by Crippen LogP contribution is -2.01. The fourth-order valence-electron chi connectivity index (χ4n) is 3.41. The van der Waals surface area contributed by atoms with Crippen LogP contribution in [0.4, 0.5) is 0 Å². The fraction of sp³-hybridized carbons (Fsp3) is 0.321. The van der Waals surface area contributed by atoms with Gasteiger partial charge in [0.2, 0.25) is 0 Å². The van der Waals surface area contributed by atoms with E-state index in [1.165, 1.54) is 10.5 Å². The van der Waals surface area contributed by atoms with Crippen molar-refractivity contribution < 1.29 is 19.4 Å². The van der Waals surface area contributed by atoms with Crippen molar-refractivity contribution in [3.8, 4) is 17.2 Å². The summed E-state index contributed by atoms with van der Waals surface area (Å²) in [7, 11) is 0. The first-order chi connectivity index (χ1) is 15.9. The minimum atomic E-state index is -0.760. The van der Waals surface area contributed by atoms with E-state index < -0.39 is 5.97 Å². The normalized spacial score (nSPS) is 10.9. The Morgan fingerprint density at radius 1 is 1.00 bits per heavy atom. The van der Waals surface area contributed by atoms with Crippen LogP contribution in [0.15, 0.2) is 71.6 Å². The molecule has 3 aromatic rings. The summed E-state index contributed by atoms with van der Waals surface area (Å²) in [5, 5.41) is 8.87. The van der Waals surface area contributed by atoms with Crippen molar-refractivity contribution in [1.29, 1.82) is 0 Å². The number of thioether (sulfide) groups is 1. The Balaban J connectivity index is 1.53. The van der Waals surface area contributed by atoms with E-state index in [2.05, 4.69) is 38.1 Å². The van der Waals surface area contributed by atoms with Crippen molar-refractivity contribution in [3.63, 3.8) is 0 Å². The van der Waals surface area contributed by atoms with Gasteiger partial charge >= 0.3 is 5.97 Å². The monoisotopic (exact) mass is 464 g/mol. The van der Waals surface area contributed by atoms with Crippen LogP contribution in [-0.2, 0) is 11.2 Å². The highest BCUT2D eigenvalue weighted by Gasteiger charge is 2.10. The standard InChI is InChI=1S/C28H32O4S/c1-20(2)23-11-14-26(27(19-23)32-24-8-5-4-6-9-24)31-16-7-17-33-25-13-10-22(21(3)18-25)12-15-28(29)30/h4-6,8-11,13-14,18-20H,7,12,15-17H2,1-3H3,(H,29,30). The number of carboxylic acids is 1. The van der Waals surface area contributed by atoms with Gasteiger partial charge in [-0.2, -0.15) is 0 Å². The lowest BCUT2D eigenvalue weighted by atomic mass is 10.0. The Labute approximate surface area is 201 Å². The van der Waals surface area contributed by atoms with E-state index in [9.17, 15) is 4.79 Å². The number of carbonyl (C=O) groups is 1. The number of hydrogen-bond acceptors (Lipinski definition) is 4. The Kier molecular flexibility index (Phi) is 9.25. The molecule has 174 valence electrons. The number of carboxylic acid groups (broad SMARTS) is 1. The molecule has 0 radical (unpaired) electrons. The zero-order chi connectivity index (χ0) is 23.6.